The largest absolute Gasteiger partial charge is 0.354 e. The lowest BCUT2D eigenvalue weighted by Gasteiger charge is -2.05. The lowest BCUT2D eigenvalue weighted by molar-refractivity contribution is 0.0958. The molecule has 0 radical (unpaired) electrons. The van der Waals surface area contributed by atoms with Gasteiger partial charge in [0.15, 0.2) is 5.69 Å². The van der Waals surface area contributed by atoms with E-state index in [1.165, 1.54) is 17.9 Å². The molecule has 0 aliphatic rings. The Morgan fingerprint density at radius 1 is 1.14 bits per heavy atom. The van der Waals surface area contributed by atoms with Crippen LogP contribution in [-0.4, -0.2) is 28.6 Å². The average Bonchev–Trinajstić information content (AvgIpc) is 2.77. The fourth-order valence-corrected chi connectivity index (χ4v) is 1.75. The Morgan fingerprint density at radius 3 is 2.33 bits per heavy atom. The van der Waals surface area contributed by atoms with Gasteiger partial charge in [0.05, 0.1) is 5.69 Å². The molecule has 1 aromatic heterocycles. The molecule has 1 heterocycles. The number of carbonyl (C=O) groups excluding carboxylic acids is 2. The molecule has 2 aromatic rings. The molecule has 2 N–H and O–H groups in total. The van der Waals surface area contributed by atoms with Gasteiger partial charge in [-0.15, -0.1) is 0 Å². The van der Waals surface area contributed by atoms with E-state index in [1.807, 2.05) is 0 Å². The summed E-state index contributed by atoms with van der Waals surface area (Å²) >= 11 is 0. The van der Waals surface area contributed by atoms with Crippen LogP contribution in [0.1, 0.15) is 20.8 Å². The standard InChI is InChI=1S/C13H12F2N4O2/c1-16-13(21)11-10(6-19(2)18-11)17-12(20)7-3-8(14)5-9(15)4-7/h3-6H,1-2H3,(H,16,21)(H,17,20). The zero-order chi connectivity index (χ0) is 15.6. The van der Waals surface area contributed by atoms with Crippen LogP contribution in [0.5, 0.6) is 0 Å². The summed E-state index contributed by atoms with van der Waals surface area (Å²) in [4.78, 5) is 23.6. The fourth-order valence-electron chi connectivity index (χ4n) is 1.75. The molecular weight excluding hydrogens is 282 g/mol. The van der Waals surface area contributed by atoms with E-state index in [9.17, 15) is 18.4 Å². The average molecular weight is 294 g/mol. The van der Waals surface area contributed by atoms with Gasteiger partial charge in [-0.25, -0.2) is 8.78 Å². The number of nitrogens with one attached hydrogen (secondary N) is 2. The summed E-state index contributed by atoms with van der Waals surface area (Å²) in [5, 5.41) is 8.69. The summed E-state index contributed by atoms with van der Waals surface area (Å²) in [6, 6.07) is 2.46. The smallest absolute Gasteiger partial charge is 0.273 e. The number of rotatable bonds is 3. The summed E-state index contributed by atoms with van der Waals surface area (Å²) in [7, 11) is 2.99. The normalized spacial score (nSPS) is 10.3. The van der Waals surface area contributed by atoms with Gasteiger partial charge in [0, 0.05) is 31.9 Å². The van der Waals surface area contributed by atoms with Crippen LogP contribution < -0.4 is 10.6 Å². The first-order valence-electron chi connectivity index (χ1n) is 5.94. The van der Waals surface area contributed by atoms with Crippen molar-refractivity contribution in [2.75, 3.05) is 12.4 Å². The molecule has 0 spiro atoms. The summed E-state index contributed by atoms with van der Waals surface area (Å²) < 4.78 is 27.5. The van der Waals surface area contributed by atoms with Gasteiger partial charge in [0.2, 0.25) is 0 Å². The molecular formula is C13H12F2N4O2. The monoisotopic (exact) mass is 294 g/mol. The quantitative estimate of drug-likeness (QED) is 0.896. The van der Waals surface area contributed by atoms with Crippen LogP contribution in [0.4, 0.5) is 14.5 Å². The molecule has 110 valence electrons. The number of aryl methyl sites for hydroxylation is 1. The zero-order valence-corrected chi connectivity index (χ0v) is 11.3. The van der Waals surface area contributed by atoms with Gasteiger partial charge >= 0.3 is 0 Å². The van der Waals surface area contributed by atoms with Gasteiger partial charge in [-0.3, -0.25) is 14.3 Å². The maximum Gasteiger partial charge on any atom is 0.273 e. The fraction of sp³-hybridized carbons (Fsp3) is 0.154. The third kappa shape index (κ3) is 3.22. The van der Waals surface area contributed by atoms with E-state index in [0.29, 0.717) is 6.07 Å². The van der Waals surface area contributed by atoms with Crippen molar-refractivity contribution < 1.29 is 18.4 Å². The van der Waals surface area contributed by atoms with Crippen molar-refractivity contribution in [1.82, 2.24) is 15.1 Å². The molecule has 0 atom stereocenters. The SMILES string of the molecule is CNC(=O)c1nn(C)cc1NC(=O)c1cc(F)cc(F)c1. The van der Waals surface area contributed by atoms with Gasteiger partial charge in [0.25, 0.3) is 11.8 Å². The van der Waals surface area contributed by atoms with E-state index in [-0.39, 0.29) is 16.9 Å². The maximum absolute atomic E-state index is 13.1. The minimum atomic E-state index is -0.863. The molecule has 0 saturated carbocycles. The molecule has 0 bridgehead atoms. The number of benzene rings is 1. The van der Waals surface area contributed by atoms with Gasteiger partial charge in [0.1, 0.15) is 11.6 Å². The number of anilines is 1. The van der Waals surface area contributed by atoms with Crippen molar-refractivity contribution in [2.24, 2.45) is 7.05 Å². The Labute approximate surface area is 118 Å². The number of hydrogen-bond donors (Lipinski definition) is 2. The molecule has 21 heavy (non-hydrogen) atoms. The van der Waals surface area contributed by atoms with Crippen LogP contribution in [0.2, 0.25) is 0 Å². The molecule has 2 rings (SSSR count). The molecule has 0 saturated heterocycles. The molecule has 0 unspecified atom stereocenters. The summed E-state index contributed by atoms with van der Waals surface area (Å²) in [5.41, 5.74) is -0.0454. The Balaban J connectivity index is 2.29. The molecule has 2 amide bonds. The van der Waals surface area contributed by atoms with Gasteiger partial charge in [-0.05, 0) is 12.1 Å². The van der Waals surface area contributed by atoms with Gasteiger partial charge in [-0.2, -0.15) is 5.10 Å². The van der Waals surface area contributed by atoms with E-state index in [2.05, 4.69) is 15.7 Å². The third-order valence-corrected chi connectivity index (χ3v) is 2.64. The lowest BCUT2D eigenvalue weighted by Crippen LogP contribution is -2.21. The van der Waals surface area contributed by atoms with Crippen molar-refractivity contribution in [1.29, 1.82) is 0 Å². The third-order valence-electron chi connectivity index (χ3n) is 2.64. The van der Waals surface area contributed by atoms with Crippen molar-refractivity contribution in [2.45, 2.75) is 0 Å². The highest BCUT2D eigenvalue weighted by atomic mass is 19.1. The highest BCUT2D eigenvalue weighted by Crippen LogP contribution is 2.16. The summed E-state index contributed by atoms with van der Waals surface area (Å²) in [6.45, 7) is 0. The minimum Gasteiger partial charge on any atom is -0.354 e. The number of amides is 2. The highest BCUT2D eigenvalue weighted by Gasteiger charge is 2.18. The predicted molar refractivity (Wildman–Crippen MR) is 70.9 cm³/mol. The second-order valence-corrected chi connectivity index (χ2v) is 4.26. The molecule has 1 aromatic carbocycles. The van der Waals surface area contributed by atoms with E-state index >= 15 is 0 Å². The first-order valence-corrected chi connectivity index (χ1v) is 5.94. The lowest BCUT2D eigenvalue weighted by atomic mass is 10.2. The van der Waals surface area contributed by atoms with Crippen molar-refractivity contribution in [3.8, 4) is 0 Å². The van der Waals surface area contributed by atoms with E-state index < -0.39 is 23.4 Å². The summed E-state index contributed by atoms with van der Waals surface area (Å²) in [5.74, 6) is -2.96. The van der Waals surface area contributed by atoms with Crippen LogP contribution >= 0.6 is 0 Å². The Bertz CT molecular complexity index is 692. The van der Waals surface area contributed by atoms with Crippen LogP contribution in [0, 0.1) is 11.6 Å². The number of hydrogen-bond acceptors (Lipinski definition) is 3. The van der Waals surface area contributed by atoms with Crippen molar-refractivity contribution in [3.63, 3.8) is 0 Å². The Hall–Kier alpha value is -2.77. The minimum absolute atomic E-state index is 0.00484. The molecule has 8 heteroatoms. The molecule has 0 aliphatic carbocycles. The number of nitrogens with zero attached hydrogens (tertiary/aromatic N) is 2. The first-order chi connectivity index (χ1) is 9.90. The first kappa shape index (κ1) is 14.6. The molecule has 0 fully saturated rings. The van der Waals surface area contributed by atoms with Crippen LogP contribution in [-0.2, 0) is 7.05 Å². The van der Waals surface area contributed by atoms with Crippen LogP contribution in [0.3, 0.4) is 0 Å². The summed E-state index contributed by atoms with van der Waals surface area (Å²) in [6.07, 6.45) is 1.41. The van der Waals surface area contributed by atoms with E-state index in [1.54, 1.807) is 7.05 Å². The maximum atomic E-state index is 13.1. The zero-order valence-electron chi connectivity index (χ0n) is 11.3. The van der Waals surface area contributed by atoms with Crippen LogP contribution in [0.25, 0.3) is 0 Å². The van der Waals surface area contributed by atoms with E-state index in [0.717, 1.165) is 12.1 Å². The molecule has 0 aliphatic heterocycles. The number of halogens is 2. The Kier molecular flexibility index (Phi) is 3.97. The van der Waals surface area contributed by atoms with Crippen LogP contribution in [0.15, 0.2) is 24.4 Å². The highest BCUT2D eigenvalue weighted by molar-refractivity contribution is 6.08. The van der Waals surface area contributed by atoms with Crippen molar-refractivity contribution in [3.05, 3.63) is 47.3 Å². The van der Waals surface area contributed by atoms with Crippen molar-refractivity contribution >= 4 is 17.5 Å². The number of aromatic nitrogens is 2. The second-order valence-electron chi connectivity index (χ2n) is 4.26. The molecule has 6 nitrogen and oxygen atoms in total. The number of carbonyl (C=O) groups is 2. The van der Waals surface area contributed by atoms with E-state index in [4.69, 9.17) is 0 Å². The topological polar surface area (TPSA) is 76.0 Å². The second kappa shape index (κ2) is 5.70. The van der Waals surface area contributed by atoms with Gasteiger partial charge in [-0.1, -0.05) is 0 Å². The van der Waals surface area contributed by atoms with Gasteiger partial charge < -0.3 is 10.6 Å². The predicted octanol–water partition coefficient (Wildman–Crippen LogP) is 1.31. The Morgan fingerprint density at radius 2 is 1.76 bits per heavy atom.